The molecule has 2 rings (SSSR count). The van der Waals surface area contributed by atoms with E-state index < -0.39 is 0 Å². The quantitative estimate of drug-likeness (QED) is 0.793. The lowest BCUT2D eigenvalue weighted by atomic mass is 9.84. The Kier molecular flexibility index (Phi) is 6.07. The number of fused-ring (bicyclic) bond motifs is 2. The monoisotopic (exact) mass is 306 g/mol. The molecule has 2 amide bonds. The smallest absolute Gasteiger partial charge is 0.317 e. The van der Waals surface area contributed by atoms with Crippen LogP contribution in [0.3, 0.4) is 0 Å². The van der Waals surface area contributed by atoms with Crippen molar-refractivity contribution in [1.29, 1.82) is 5.26 Å². The summed E-state index contributed by atoms with van der Waals surface area (Å²) in [6.07, 6.45) is 3.00. The van der Waals surface area contributed by atoms with Gasteiger partial charge in [0.15, 0.2) is 0 Å². The van der Waals surface area contributed by atoms with Gasteiger partial charge in [0.25, 0.3) is 0 Å². The van der Waals surface area contributed by atoms with E-state index in [1.165, 1.54) is 6.42 Å². The summed E-state index contributed by atoms with van der Waals surface area (Å²) in [5, 5.41) is 11.8. The van der Waals surface area contributed by atoms with Crippen LogP contribution in [0.5, 0.6) is 0 Å². The van der Waals surface area contributed by atoms with Gasteiger partial charge >= 0.3 is 6.03 Å². The molecular formula is C17H30N4O. The van der Waals surface area contributed by atoms with E-state index in [0.717, 1.165) is 39.0 Å². The molecule has 0 radical (unpaired) electrons. The van der Waals surface area contributed by atoms with Crippen LogP contribution in [-0.4, -0.2) is 54.6 Å². The Labute approximate surface area is 134 Å². The van der Waals surface area contributed by atoms with Crippen molar-refractivity contribution in [3.63, 3.8) is 0 Å². The second kappa shape index (κ2) is 7.82. The zero-order valence-electron chi connectivity index (χ0n) is 14.2. The molecule has 1 N–H and O–H groups in total. The van der Waals surface area contributed by atoms with Crippen LogP contribution in [-0.2, 0) is 0 Å². The SMILES string of the molecule is CC(C#N)CCCNC(=O)N1CC2CC(C1)CN(C(C)C)C2. The van der Waals surface area contributed by atoms with E-state index in [4.69, 9.17) is 5.26 Å². The van der Waals surface area contributed by atoms with Gasteiger partial charge in [0.05, 0.1) is 6.07 Å². The molecule has 2 bridgehead atoms. The number of amides is 2. The lowest BCUT2D eigenvalue weighted by Crippen LogP contribution is -2.57. The van der Waals surface area contributed by atoms with Crippen LogP contribution >= 0.6 is 0 Å². The van der Waals surface area contributed by atoms with Crippen molar-refractivity contribution in [3.05, 3.63) is 0 Å². The summed E-state index contributed by atoms with van der Waals surface area (Å²) in [6, 6.07) is 2.91. The lowest BCUT2D eigenvalue weighted by Gasteiger charge is -2.47. The number of nitrogens with one attached hydrogen (secondary N) is 1. The molecule has 3 unspecified atom stereocenters. The predicted octanol–water partition coefficient (Wildman–Crippen LogP) is 2.30. The van der Waals surface area contributed by atoms with Crippen molar-refractivity contribution < 1.29 is 4.79 Å². The number of nitriles is 1. The van der Waals surface area contributed by atoms with E-state index >= 15 is 0 Å². The summed E-state index contributed by atoms with van der Waals surface area (Å²) in [7, 11) is 0. The number of urea groups is 1. The first-order chi connectivity index (χ1) is 10.5. The molecule has 0 aromatic heterocycles. The molecule has 2 aliphatic rings. The molecule has 2 heterocycles. The first kappa shape index (κ1) is 17.1. The van der Waals surface area contributed by atoms with Gasteiger partial charge in [0.1, 0.15) is 0 Å². The first-order valence-corrected chi connectivity index (χ1v) is 8.66. The Hall–Kier alpha value is -1.28. The number of likely N-dealkylation sites (tertiary alicyclic amines) is 2. The zero-order valence-corrected chi connectivity index (χ0v) is 14.2. The summed E-state index contributed by atoms with van der Waals surface area (Å²) < 4.78 is 0. The molecule has 0 spiro atoms. The normalized spacial score (nSPS) is 26.6. The third kappa shape index (κ3) is 4.61. The molecule has 2 fully saturated rings. The van der Waals surface area contributed by atoms with Gasteiger partial charge in [-0.2, -0.15) is 5.26 Å². The molecule has 0 aromatic carbocycles. The topological polar surface area (TPSA) is 59.4 Å². The van der Waals surface area contributed by atoms with Gasteiger partial charge in [-0.05, 0) is 51.9 Å². The predicted molar refractivity (Wildman–Crippen MR) is 87.3 cm³/mol. The molecular weight excluding hydrogens is 276 g/mol. The summed E-state index contributed by atoms with van der Waals surface area (Å²) in [5.74, 6) is 1.33. The minimum atomic E-state index is 0.0771. The van der Waals surface area contributed by atoms with E-state index in [-0.39, 0.29) is 11.9 Å². The van der Waals surface area contributed by atoms with E-state index in [1.807, 2.05) is 11.8 Å². The molecule has 0 aromatic rings. The minimum Gasteiger partial charge on any atom is -0.338 e. The Morgan fingerprint density at radius 2 is 1.86 bits per heavy atom. The number of carbonyl (C=O) groups is 1. The fraction of sp³-hybridized carbons (Fsp3) is 0.882. The van der Waals surface area contributed by atoms with E-state index in [1.54, 1.807) is 0 Å². The molecule has 0 aliphatic carbocycles. The van der Waals surface area contributed by atoms with Crippen LogP contribution in [0.1, 0.15) is 40.0 Å². The Morgan fingerprint density at radius 1 is 1.23 bits per heavy atom. The molecule has 2 aliphatic heterocycles. The summed E-state index contributed by atoms with van der Waals surface area (Å²) in [4.78, 5) is 16.9. The van der Waals surface area contributed by atoms with Crippen molar-refractivity contribution in [2.24, 2.45) is 17.8 Å². The number of rotatable bonds is 5. The molecule has 22 heavy (non-hydrogen) atoms. The van der Waals surface area contributed by atoms with Crippen LogP contribution in [0.2, 0.25) is 0 Å². The summed E-state index contributed by atoms with van der Waals surface area (Å²) in [5.41, 5.74) is 0. The maximum Gasteiger partial charge on any atom is 0.317 e. The van der Waals surface area contributed by atoms with Crippen LogP contribution in [0.4, 0.5) is 4.79 Å². The zero-order chi connectivity index (χ0) is 16.1. The molecule has 124 valence electrons. The lowest BCUT2D eigenvalue weighted by molar-refractivity contribution is 0.0317. The molecule has 5 heteroatoms. The highest BCUT2D eigenvalue weighted by Crippen LogP contribution is 2.29. The number of hydrogen-bond acceptors (Lipinski definition) is 3. The van der Waals surface area contributed by atoms with Crippen molar-refractivity contribution >= 4 is 6.03 Å². The standard InChI is InChI=1S/C17H30N4O/c1-13(2)20-9-15-7-16(10-20)12-21(11-15)17(22)19-6-4-5-14(3)8-18/h13-16H,4-7,9-12H2,1-3H3,(H,19,22). The average molecular weight is 306 g/mol. The maximum atomic E-state index is 12.3. The molecule has 3 atom stereocenters. The highest BCUT2D eigenvalue weighted by Gasteiger charge is 2.36. The second-order valence-electron chi connectivity index (χ2n) is 7.32. The minimum absolute atomic E-state index is 0.0771. The van der Waals surface area contributed by atoms with Crippen molar-refractivity contribution in [2.45, 2.75) is 46.1 Å². The number of piperidine rings is 2. The van der Waals surface area contributed by atoms with Crippen LogP contribution < -0.4 is 5.32 Å². The van der Waals surface area contributed by atoms with Gasteiger partial charge in [0.2, 0.25) is 0 Å². The van der Waals surface area contributed by atoms with Crippen molar-refractivity contribution in [3.8, 4) is 6.07 Å². The number of hydrogen-bond donors (Lipinski definition) is 1. The Bertz CT molecular complexity index is 403. The third-order valence-corrected chi connectivity index (χ3v) is 4.94. The van der Waals surface area contributed by atoms with Crippen LogP contribution in [0.15, 0.2) is 0 Å². The molecule has 0 saturated carbocycles. The Balaban J connectivity index is 1.73. The third-order valence-electron chi connectivity index (χ3n) is 4.94. The first-order valence-electron chi connectivity index (χ1n) is 8.66. The van der Waals surface area contributed by atoms with Crippen molar-refractivity contribution in [2.75, 3.05) is 32.7 Å². The number of nitrogens with zero attached hydrogens (tertiary/aromatic N) is 3. The fourth-order valence-electron chi connectivity index (χ4n) is 3.69. The van der Waals surface area contributed by atoms with Gasteiger partial charge in [-0.3, -0.25) is 0 Å². The Morgan fingerprint density at radius 3 is 2.41 bits per heavy atom. The van der Waals surface area contributed by atoms with Gasteiger partial charge in [-0.25, -0.2) is 4.79 Å². The molecule has 2 saturated heterocycles. The van der Waals surface area contributed by atoms with Gasteiger partial charge < -0.3 is 15.1 Å². The van der Waals surface area contributed by atoms with Crippen molar-refractivity contribution in [1.82, 2.24) is 15.1 Å². The highest BCUT2D eigenvalue weighted by molar-refractivity contribution is 5.74. The fourth-order valence-corrected chi connectivity index (χ4v) is 3.69. The summed E-state index contributed by atoms with van der Waals surface area (Å²) in [6.45, 7) is 11.1. The van der Waals surface area contributed by atoms with E-state index in [0.29, 0.717) is 24.4 Å². The second-order valence-corrected chi connectivity index (χ2v) is 7.32. The number of carbonyl (C=O) groups excluding carboxylic acids is 1. The van der Waals surface area contributed by atoms with Gasteiger partial charge in [0, 0.05) is 44.7 Å². The maximum absolute atomic E-state index is 12.3. The van der Waals surface area contributed by atoms with Crippen LogP contribution in [0, 0.1) is 29.1 Å². The highest BCUT2D eigenvalue weighted by atomic mass is 16.2. The average Bonchev–Trinajstić information content (AvgIpc) is 2.49. The summed E-state index contributed by atoms with van der Waals surface area (Å²) >= 11 is 0. The van der Waals surface area contributed by atoms with E-state index in [9.17, 15) is 4.79 Å². The van der Waals surface area contributed by atoms with Crippen LogP contribution in [0.25, 0.3) is 0 Å². The van der Waals surface area contributed by atoms with E-state index in [2.05, 4.69) is 30.1 Å². The largest absolute Gasteiger partial charge is 0.338 e. The van der Waals surface area contributed by atoms with Gasteiger partial charge in [-0.15, -0.1) is 0 Å². The molecule has 5 nitrogen and oxygen atoms in total. The van der Waals surface area contributed by atoms with Gasteiger partial charge in [-0.1, -0.05) is 0 Å².